The standard InChI is InChI=1S/C12H16ClN/c1-8-6-9-4-5-12(2,3)14-11(9)10(13)7-8/h6-7,14H,4-5H2,1-3H3. The van der Waals surface area contributed by atoms with Gasteiger partial charge in [0.25, 0.3) is 0 Å². The molecule has 1 nitrogen and oxygen atoms in total. The molecule has 0 aliphatic carbocycles. The summed E-state index contributed by atoms with van der Waals surface area (Å²) in [7, 11) is 0. The smallest absolute Gasteiger partial charge is 0.0643 e. The van der Waals surface area contributed by atoms with Crippen LogP contribution in [-0.2, 0) is 6.42 Å². The number of fused-ring (bicyclic) bond motifs is 1. The zero-order chi connectivity index (χ0) is 10.3. The lowest BCUT2D eigenvalue weighted by Crippen LogP contribution is -2.35. The lowest BCUT2D eigenvalue weighted by Gasteiger charge is -2.34. The van der Waals surface area contributed by atoms with Crippen LogP contribution in [-0.4, -0.2) is 5.54 Å². The molecule has 0 unspecified atom stereocenters. The van der Waals surface area contributed by atoms with Gasteiger partial charge in [0.05, 0.1) is 10.7 Å². The highest BCUT2D eigenvalue weighted by atomic mass is 35.5. The molecule has 1 aromatic rings. The zero-order valence-corrected chi connectivity index (χ0v) is 9.70. The fourth-order valence-electron chi connectivity index (χ4n) is 2.00. The van der Waals surface area contributed by atoms with E-state index in [1.807, 2.05) is 6.07 Å². The molecular formula is C12H16ClN. The van der Waals surface area contributed by atoms with E-state index < -0.39 is 0 Å². The third kappa shape index (κ3) is 1.74. The summed E-state index contributed by atoms with van der Waals surface area (Å²) in [5, 5.41) is 4.35. The highest BCUT2D eigenvalue weighted by Gasteiger charge is 2.25. The Morgan fingerprint density at radius 3 is 2.79 bits per heavy atom. The van der Waals surface area contributed by atoms with Crippen LogP contribution >= 0.6 is 11.6 Å². The van der Waals surface area contributed by atoms with Gasteiger partial charge in [-0.3, -0.25) is 0 Å². The maximum atomic E-state index is 6.21. The first kappa shape index (κ1) is 9.85. The first-order valence-electron chi connectivity index (χ1n) is 5.05. The summed E-state index contributed by atoms with van der Waals surface area (Å²) in [6.45, 7) is 6.52. The molecule has 76 valence electrons. The van der Waals surface area contributed by atoms with Gasteiger partial charge in [-0.25, -0.2) is 0 Å². The van der Waals surface area contributed by atoms with Crippen LogP contribution in [0.15, 0.2) is 12.1 Å². The van der Waals surface area contributed by atoms with Gasteiger partial charge in [0.15, 0.2) is 0 Å². The SMILES string of the molecule is Cc1cc(Cl)c2c(c1)CCC(C)(C)N2. The van der Waals surface area contributed by atoms with Crippen molar-refractivity contribution in [1.82, 2.24) is 0 Å². The molecule has 1 heterocycles. The number of hydrogen-bond acceptors (Lipinski definition) is 1. The number of rotatable bonds is 0. The van der Waals surface area contributed by atoms with Crippen molar-refractivity contribution >= 4 is 17.3 Å². The first-order valence-corrected chi connectivity index (χ1v) is 5.43. The van der Waals surface area contributed by atoms with Crippen molar-refractivity contribution in [3.8, 4) is 0 Å². The molecule has 14 heavy (non-hydrogen) atoms. The van der Waals surface area contributed by atoms with Crippen LogP contribution in [0.1, 0.15) is 31.4 Å². The van der Waals surface area contributed by atoms with Crippen molar-refractivity contribution in [2.24, 2.45) is 0 Å². The number of aryl methyl sites for hydroxylation is 2. The Labute approximate surface area is 90.5 Å². The average molecular weight is 210 g/mol. The number of halogens is 1. The van der Waals surface area contributed by atoms with Crippen molar-refractivity contribution in [3.05, 3.63) is 28.3 Å². The van der Waals surface area contributed by atoms with Crippen LogP contribution in [0.25, 0.3) is 0 Å². The molecule has 0 amide bonds. The monoisotopic (exact) mass is 209 g/mol. The van der Waals surface area contributed by atoms with Crippen molar-refractivity contribution in [2.75, 3.05) is 5.32 Å². The Bertz CT molecular complexity index is 369. The molecule has 0 bridgehead atoms. The van der Waals surface area contributed by atoms with Crippen LogP contribution in [0.3, 0.4) is 0 Å². The molecule has 0 aromatic heterocycles. The van der Waals surface area contributed by atoms with Crippen LogP contribution in [0, 0.1) is 6.92 Å². The highest BCUT2D eigenvalue weighted by Crippen LogP contribution is 2.36. The molecule has 0 saturated carbocycles. The van der Waals surface area contributed by atoms with Gasteiger partial charge >= 0.3 is 0 Å². The zero-order valence-electron chi connectivity index (χ0n) is 8.95. The average Bonchev–Trinajstić information content (AvgIpc) is 2.06. The van der Waals surface area contributed by atoms with E-state index >= 15 is 0 Å². The fraction of sp³-hybridized carbons (Fsp3) is 0.500. The van der Waals surface area contributed by atoms with Crippen LogP contribution in [0.2, 0.25) is 5.02 Å². The number of nitrogens with one attached hydrogen (secondary N) is 1. The van der Waals surface area contributed by atoms with Gasteiger partial charge in [0.2, 0.25) is 0 Å². The van der Waals surface area contributed by atoms with Crippen molar-refractivity contribution in [2.45, 2.75) is 39.2 Å². The number of hydrogen-bond donors (Lipinski definition) is 1. The Hall–Kier alpha value is -0.690. The minimum Gasteiger partial charge on any atom is -0.379 e. The van der Waals surface area contributed by atoms with E-state index in [-0.39, 0.29) is 5.54 Å². The van der Waals surface area contributed by atoms with Crippen LogP contribution in [0.5, 0.6) is 0 Å². The predicted octanol–water partition coefficient (Wildman–Crippen LogP) is 3.79. The predicted molar refractivity (Wildman–Crippen MR) is 62.2 cm³/mol. The van der Waals surface area contributed by atoms with Crippen molar-refractivity contribution in [1.29, 1.82) is 0 Å². The van der Waals surface area contributed by atoms with Crippen molar-refractivity contribution in [3.63, 3.8) is 0 Å². The molecule has 0 saturated heterocycles. The lowest BCUT2D eigenvalue weighted by atomic mass is 9.89. The van der Waals surface area contributed by atoms with Gasteiger partial charge < -0.3 is 5.32 Å². The summed E-state index contributed by atoms with van der Waals surface area (Å²) >= 11 is 6.21. The minimum atomic E-state index is 0.173. The van der Waals surface area contributed by atoms with E-state index in [0.29, 0.717) is 0 Å². The van der Waals surface area contributed by atoms with Gasteiger partial charge in [-0.15, -0.1) is 0 Å². The third-order valence-corrected chi connectivity index (χ3v) is 3.10. The molecule has 0 radical (unpaired) electrons. The Kier molecular flexibility index (Phi) is 2.23. The van der Waals surface area contributed by atoms with Gasteiger partial charge in [0.1, 0.15) is 0 Å². The quantitative estimate of drug-likeness (QED) is 0.686. The van der Waals surface area contributed by atoms with Crippen LogP contribution in [0.4, 0.5) is 5.69 Å². The molecular weight excluding hydrogens is 194 g/mol. The minimum absolute atomic E-state index is 0.173. The molecule has 1 aliphatic rings. The highest BCUT2D eigenvalue weighted by molar-refractivity contribution is 6.33. The van der Waals surface area contributed by atoms with Gasteiger partial charge in [-0.05, 0) is 50.8 Å². The van der Waals surface area contributed by atoms with Gasteiger partial charge in [0, 0.05) is 5.54 Å². The fourth-order valence-corrected chi connectivity index (χ4v) is 2.34. The maximum Gasteiger partial charge on any atom is 0.0643 e. The van der Waals surface area contributed by atoms with E-state index in [2.05, 4.69) is 32.2 Å². The first-order chi connectivity index (χ1) is 6.48. The van der Waals surface area contributed by atoms with E-state index in [4.69, 9.17) is 11.6 Å². The Morgan fingerprint density at radius 1 is 1.36 bits per heavy atom. The molecule has 1 aromatic carbocycles. The summed E-state index contributed by atoms with van der Waals surface area (Å²) in [6.07, 6.45) is 2.29. The normalized spacial score (nSPS) is 18.6. The van der Waals surface area contributed by atoms with E-state index in [9.17, 15) is 0 Å². The molecule has 2 heteroatoms. The van der Waals surface area contributed by atoms with E-state index in [1.165, 1.54) is 17.5 Å². The molecule has 2 rings (SSSR count). The third-order valence-electron chi connectivity index (χ3n) is 2.80. The maximum absolute atomic E-state index is 6.21. The van der Waals surface area contributed by atoms with E-state index in [0.717, 1.165) is 17.1 Å². The molecule has 0 atom stereocenters. The largest absolute Gasteiger partial charge is 0.379 e. The topological polar surface area (TPSA) is 12.0 Å². The summed E-state index contributed by atoms with van der Waals surface area (Å²) in [5.74, 6) is 0. The lowest BCUT2D eigenvalue weighted by molar-refractivity contribution is 0.502. The van der Waals surface area contributed by atoms with Gasteiger partial charge in [-0.1, -0.05) is 17.7 Å². The molecule has 0 fully saturated rings. The summed E-state index contributed by atoms with van der Waals surface area (Å²) in [5.41, 5.74) is 3.91. The molecule has 1 N–H and O–H groups in total. The summed E-state index contributed by atoms with van der Waals surface area (Å²) in [4.78, 5) is 0. The van der Waals surface area contributed by atoms with Crippen LogP contribution < -0.4 is 5.32 Å². The molecule has 0 spiro atoms. The van der Waals surface area contributed by atoms with Gasteiger partial charge in [-0.2, -0.15) is 0 Å². The second kappa shape index (κ2) is 3.16. The summed E-state index contributed by atoms with van der Waals surface area (Å²) in [6, 6.07) is 4.25. The number of benzene rings is 1. The second-order valence-corrected chi connectivity index (χ2v) is 5.20. The van der Waals surface area contributed by atoms with Crippen molar-refractivity contribution < 1.29 is 0 Å². The molecule has 1 aliphatic heterocycles. The Morgan fingerprint density at radius 2 is 2.07 bits per heavy atom. The van der Waals surface area contributed by atoms with E-state index in [1.54, 1.807) is 0 Å². The second-order valence-electron chi connectivity index (χ2n) is 4.79. The summed E-state index contributed by atoms with van der Waals surface area (Å²) < 4.78 is 0. The Balaban J connectivity index is 2.47. The number of anilines is 1.